The van der Waals surface area contributed by atoms with Gasteiger partial charge in [-0.1, -0.05) is 6.07 Å². The molecular weight excluding hydrogens is 252 g/mol. The van der Waals surface area contributed by atoms with Gasteiger partial charge >= 0.3 is 0 Å². The summed E-state index contributed by atoms with van der Waals surface area (Å²) in [6.07, 6.45) is 2.39. The van der Waals surface area contributed by atoms with Crippen molar-refractivity contribution < 1.29 is 13.2 Å². The van der Waals surface area contributed by atoms with E-state index in [1.165, 1.54) is 0 Å². The van der Waals surface area contributed by atoms with Crippen molar-refractivity contribution in [2.24, 2.45) is 0 Å². The zero-order valence-electron chi connectivity index (χ0n) is 10.0. The van der Waals surface area contributed by atoms with Gasteiger partial charge in [-0.25, -0.2) is 13.4 Å². The minimum absolute atomic E-state index is 0.0335. The number of nitrogens with zero attached hydrogens (tertiary/aromatic N) is 2. The van der Waals surface area contributed by atoms with Crippen LogP contribution in [0.4, 0.5) is 0 Å². The molecule has 18 heavy (non-hydrogen) atoms. The summed E-state index contributed by atoms with van der Waals surface area (Å²) in [4.78, 5) is 4.37. The van der Waals surface area contributed by atoms with E-state index in [1.807, 2.05) is 22.6 Å². The van der Waals surface area contributed by atoms with Crippen LogP contribution in [0.2, 0.25) is 0 Å². The van der Waals surface area contributed by atoms with Crippen LogP contribution < -0.4 is 4.74 Å². The lowest BCUT2D eigenvalue weighted by molar-refractivity contribution is 0.389. The molecule has 3 heterocycles. The predicted octanol–water partition coefficient (Wildman–Crippen LogP) is 1.24. The van der Waals surface area contributed by atoms with E-state index in [4.69, 9.17) is 4.74 Å². The fourth-order valence-electron chi connectivity index (χ4n) is 2.49. The van der Waals surface area contributed by atoms with Gasteiger partial charge in [-0.05, 0) is 18.6 Å². The zero-order chi connectivity index (χ0) is 12.8. The van der Waals surface area contributed by atoms with Crippen LogP contribution in [0.25, 0.3) is 5.52 Å². The van der Waals surface area contributed by atoms with Crippen molar-refractivity contribution in [1.29, 1.82) is 0 Å². The van der Waals surface area contributed by atoms with Gasteiger partial charge in [0.05, 0.1) is 30.3 Å². The molecule has 2 aromatic rings. The van der Waals surface area contributed by atoms with E-state index in [9.17, 15) is 8.42 Å². The number of rotatable bonds is 2. The highest BCUT2D eigenvalue weighted by Crippen LogP contribution is 2.30. The topological polar surface area (TPSA) is 60.7 Å². The maximum atomic E-state index is 11.6. The number of methoxy groups -OCH3 is 1. The van der Waals surface area contributed by atoms with Gasteiger partial charge < -0.3 is 4.74 Å². The molecule has 1 unspecified atom stereocenters. The maximum absolute atomic E-state index is 11.6. The lowest BCUT2D eigenvalue weighted by atomic mass is 10.1. The van der Waals surface area contributed by atoms with E-state index in [1.54, 1.807) is 13.3 Å². The second-order valence-electron chi connectivity index (χ2n) is 4.54. The van der Waals surface area contributed by atoms with Crippen molar-refractivity contribution in [3.63, 3.8) is 0 Å². The molecule has 0 amide bonds. The quantitative estimate of drug-likeness (QED) is 0.820. The number of hydrogen-bond donors (Lipinski definition) is 0. The second kappa shape index (κ2) is 3.98. The molecule has 5 nitrogen and oxygen atoms in total. The summed E-state index contributed by atoms with van der Waals surface area (Å²) in [7, 11) is -1.30. The Morgan fingerprint density at radius 2 is 2.28 bits per heavy atom. The van der Waals surface area contributed by atoms with Crippen molar-refractivity contribution >= 4 is 15.4 Å². The van der Waals surface area contributed by atoms with Crippen LogP contribution in [0.5, 0.6) is 5.88 Å². The fraction of sp³-hybridized carbons (Fsp3) is 0.417. The van der Waals surface area contributed by atoms with Crippen molar-refractivity contribution in [2.45, 2.75) is 12.3 Å². The largest absolute Gasteiger partial charge is 0.482 e. The maximum Gasteiger partial charge on any atom is 0.199 e. The number of fused-ring (bicyclic) bond motifs is 1. The van der Waals surface area contributed by atoms with Crippen LogP contribution in [-0.4, -0.2) is 36.4 Å². The molecule has 6 heteroatoms. The third-order valence-corrected chi connectivity index (χ3v) is 5.12. The Morgan fingerprint density at radius 3 is 2.94 bits per heavy atom. The number of aromatic nitrogens is 2. The van der Waals surface area contributed by atoms with E-state index in [2.05, 4.69) is 4.98 Å². The molecule has 2 aromatic heterocycles. The molecule has 3 rings (SSSR count). The molecular formula is C12H14N2O3S. The molecule has 0 bridgehead atoms. The highest BCUT2D eigenvalue weighted by atomic mass is 32.2. The van der Waals surface area contributed by atoms with Gasteiger partial charge in [0.2, 0.25) is 0 Å². The van der Waals surface area contributed by atoms with Gasteiger partial charge in [0.15, 0.2) is 15.7 Å². The number of ether oxygens (including phenoxy) is 1. The van der Waals surface area contributed by atoms with Gasteiger partial charge in [-0.15, -0.1) is 0 Å². The van der Waals surface area contributed by atoms with Crippen LogP contribution in [0.15, 0.2) is 24.4 Å². The summed E-state index contributed by atoms with van der Waals surface area (Å²) in [5.41, 5.74) is 0.925. The molecule has 1 saturated heterocycles. The predicted molar refractivity (Wildman–Crippen MR) is 67.8 cm³/mol. The van der Waals surface area contributed by atoms with E-state index in [-0.39, 0.29) is 17.4 Å². The van der Waals surface area contributed by atoms with Crippen LogP contribution in [0.1, 0.15) is 18.2 Å². The van der Waals surface area contributed by atoms with E-state index in [0.29, 0.717) is 12.3 Å². The number of imidazole rings is 1. The normalized spacial score (nSPS) is 22.4. The molecule has 1 fully saturated rings. The summed E-state index contributed by atoms with van der Waals surface area (Å²) in [5.74, 6) is 1.87. The Labute approximate surface area is 105 Å². The molecule has 0 aromatic carbocycles. The first kappa shape index (κ1) is 11.5. The van der Waals surface area contributed by atoms with Crippen molar-refractivity contribution in [3.05, 3.63) is 30.2 Å². The molecule has 0 saturated carbocycles. The molecule has 0 N–H and O–H groups in total. The zero-order valence-corrected chi connectivity index (χ0v) is 10.9. The second-order valence-corrected chi connectivity index (χ2v) is 6.77. The first-order valence-electron chi connectivity index (χ1n) is 5.81. The third kappa shape index (κ3) is 1.77. The van der Waals surface area contributed by atoms with Crippen LogP contribution >= 0.6 is 0 Å². The lowest BCUT2D eigenvalue weighted by Crippen LogP contribution is -2.08. The summed E-state index contributed by atoms with van der Waals surface area (Å²) in [5, 5.41) is 0. The smallest absolute Gasteiger partial charge is 0.199 e. The number of hydrogen-bond acceptors (Lipinski definition) is 4. The Kier molecular flexibility index (Phi) is 2.55. The van der Waals surface area contributed by atoms with Crippen LogP contribution in [0.3, 0.4) is 0 Å². The molecule has 1 aliphatic heterocycles. The molecule has 0 spiro atoms. The SMILES string of the molecule is COc1cccc2cnc(C3CCS(=O)(=O)C3)n12. The highest BCUT2D eigenvalue weighted by Gasteiger charge is 2.32. The summed E-state index contributed by atoms with van der Waals surface area (Å²) in [6.45, 7) is 0. The third-order valence-electron chi connectivity index (χ3n) is 3.35. The van der Waals surface area contributed by atoms with Crippen molar-refractivity contribution in [1.82, 2.24) is 9.38 Å². The molecule has 0 aliphatic carbocycles. The minimum Gasteiger partial charge on any atom is -0.482 e. The van der Waals surface area contributed by atoms with Gasteiger partial charge in [-0.2, -0.15) is 0 Å². The monoisotopic (exact) mass is 266 g/mol. The Balaban J connectivity index is 2.13. The molecule has 0 radical (unpaired) electrons. The number of pyridine rings is 1. The summed E-state index contributed by atoms with van der Waals surface area (Å²) >= 11 is 0. The fourth-order valence-corrected chi connectivity index (χ4v) is 4.23. The number of sulfone groups is 1. The van der Waals surface area contributed by atoms with Crippen molar-refractivity contribution in [2.75, 3.05) is 18.6 Å². The van der Waals surface area contributed by atoms with Crippen LogP contribution in [0, 0.1) is 0 Å². The summed E-state index contributed by atoms with van der Waals surface area (Å²) < 4.78 is 30.3. The van der Waals surface area contributed by atoms with Gasteiger partial charge in [0.1, 0.15) is 5.82 Å². The average molecular weight is 266 g/mol. The van der Waals surface area contributed by atoms with Gasteiger partial charge in [-0.3, -0.25) is 4.40 Å². The van der Waals surface area contributed by atoms with Gasteiger partial charge in [0, 0.05) is 5.92 Å². The van der Waals surface area contributed by atoms with E-state index in [0.717, 1.165) is 11.3 Å². The minimum atomic E-state index is -2.90. The summed E-state index contributed by atoms with van der Waals surface area (Å²) in [6, 6.07) is 5.68. The average Bonchev–Trinajstić information content (AvgIpc) is 2.91. The van der Waals surface area contributed by atoms with Crippen LogP contribution in [-0.2, 0) is 9.84 Å². The van der Waals surface area contributed by atoms with E-state index < -0.39 is 9.84 Å². The molecule has 1 atom stereocenters. The van der Waals surface area contributed by atoms with Crippen molar-refractivity contribution in [3.8, 4) is 5.88 Å². The first-order chi connectivity index (χ1) is 8.61. The molecule has 1 aliphatic rings. The Hall–Kier alpha value is -1.56. The lowest BCUT2D eigenvalue weighted by Gasteiger charge is -2.10. The molecule has 96 valence electrons. The first-order valence-corrected chi connectivity index (χ1v) is 7.63. The Morgan fingerprint density at radius 1 is 1.44 bits per heavy atom. The van der Waals surface area contributed by atoms with E-state index >= 15 is 0 Å². The standard InChI is InChI=1S/C12H14N2O3S/c1-17-11-4-2-3-10-7-13-12(14(10)11)9-5-6-18(15,16)8-9/h2-4,7,9H,5-6,8H2,1H3. The van der Waals surface area contributed by atoms with Gasteiger partial charge in [0.25, 0.3) is 0 Å². The Bertz CT molecular complexity index is 690. The highest BCUT2D eigenvalue weighted by molar-refractivity contribution is 7.91.